The van der Waals surface area contributed by atoms with Crippen molar-refractivity contribution < 1.29 is 15.0 Å². The first-order valence-electron chi connectivity index (χ1n) is 6.15. The molecule has 1 amide bonds. The van der Waals surface area contributed by atoms with Gasteiger partial charge in [0, 0.05) is 6.04 Å². The molecule has 0 radical (unpaired) electrons. The van der Waals surface area contributed by atoms with Crippen molar-refractivity contribution in [3.05, 3.63) is 23.8 Å². The zero-order valence-corrected chi connectivity index (χ0v) is 10.1. The molecular weight excluding hydrogens is 232 g/mol. The van der Waals surface area contributed by atoms with Crippen molar-refractivity contribution in [2.24, 2.45) is 11.7 Å². The van der Waals surface area contributed by atoms with Crippen molar-refractivity contribution in [2.45, 2.75) is 25.3 Å². The normalized spacial score (nSPS) is 22.9. The lowest BCUT2D eigenvalue weighted by atomic mass is 10.0. The highest BCUT2D eigenvalue weighted by Gasteiger charge is 2.28. The van der Waals surface area contributed by atoms with Crippen molar-refractivity contribution in [3.63, 3.8) is 0 Å². The highest BCUT2D eigenvalue weighted by atomic mass is 16.3. The fourth-order valence-electron chi connectivity index (χ4n) is 2.47. The number of carbonyl (C=O) groups excluding carboxylic acids is 1. The first-order chi connectivity index (χ1) is 8.63. The van der Waals surface area contributed by atoms with E-state index in [4.69, 9.17) is 5.73 Å². The summed E-state index contributed by atoms with van der Waals surface area (Å²) in [6.45, 7) is 0.553. The number of para-hydroxylation sites is 1. The summed E-state index contributed by atoms with van der Waals surface area (Å²) in [6.07, 6.45) is 2.99. The van der Waals surface area contributed by atoms with Crippen molar-refractivity contribution >= 4 is 5.91 Å². The lowest BCUT2D eigenvalue weighted by Crippen LogP contribution is -2.39. The van der Waals surface area contributed by atoms with Gasteiger partial charge < -0.3 is 21.3 Å². The molecule has 0 bridgehead atoms. The van der Waals surface area contributed by atoms with Gasteiger partial charge in [-0.2, -0.15) is 0 Å². The van der Waals surface area contributed by atoms with E-state index in [1.807, 2.05) is 0 Å². The van der Waals surface area contributed by atoms with Crippen LogP contribution in [0.15, 0.2) is 18.2 Å². The van der Waals surface area contributed by atoms with Crippen LogP contribution in [0.1, 0.15) is 29.6 Å². The summed E-state index contributed by atoms with van der Waals surface area (Å²) in [6, 6.07) is 4.41. The van der Waals surface area contributed by atoms with Crippen molar-refractivity contribution in [3.8, 4) is 11.5 Å². The molecule has 1 saturated carbocycles. The minimum absolute atomic E-state index is 0.0595. The summed E-state index contributed by atoms with van der Waals surface area (Å²) in [4.78, 5) is 12.0. The molecule has 5 heteroatoms. The third-order valence-electron chi connectivity index (χ3n) is 3.54. The maximum atomic E-state index is 12.0. The summed E-state index contributed by atoms with van der Waals surface area (Å²) >= 11 is 0. The Morgan fingerprint density at radius 2 is 2.17 bits per heavy atom. The van der Waals surface area contributed by atoms with E-state index < -0.39 is 0 Å². The maximum absolute atomic E-state index is 12.0. The Labute approximate surface area is 106 Å². The molecule has 18 heavy (non-hydrogen) atoms. The summed E-state index contributed by atoms with van der Waals surface area (Å²) in [5, 5.41) is 21.9. The Bertz CT molecular complexity index is 448. The number of benzene rings is 1. The number of hydrogen-bond donors (Lipinski definition) is 4. The maximum Gasteiger partial charge on any atom is 0.255 e. The number of carbonyl (C=O) groups is 1. The van der Waals surface area contributed by atoms with Gasteiger partial charge in [-0.1, -0.05) is 12.5 Å². The third kappa shape index (κ3) is 2.41. The molecule has 1 aliphatic carbocycles. The number of phenolic OH excluding ortho intramolecular Hbond substituents is 2. The van der Waals surface area contributed by atoms with Gasteiger partial charge in [-0.3, -0.25) is 4.79 Å². The van der Waals surface area contributed by atoms with E-state index in [9.17, 15) is 15.0 Å². The van der Waals surface area contributed by atoms with Crippen molar-refractivity contribution in [1.82, 2.24) is 5.32 Å². The minimum atomic E-state index is -0.378. The van der Waals surface area contributed by atoms with Crippen LogP contribution in [0.2, 0.25) is 0 Å². The topological polar surface area (TPSA) is 95.6 Å². The molecular formula is C13H18N2O3. The van der Waals surface area contributed by atoms with Crippen LogP contribution in [0.25, 0.3) is 0 Å². The number of hydrogen-bond acceptors (Lipinski definition) is 4. The molecule has 5 nitrogen and oxygen atoms in total. The van der Waals surface area contributed by atoms with Gasteiger partial charge in [-0.25, -0.2) is 0 Å². The molecule has 1 fully saturated rings. The number of amides is 1. The van der Waals surface area contributed by atoms with Crippen molar-refractivity contribution in [2.75, 3.05) is 6.54 Å². The Hall–Kier alpha value is -1.75. The molecule has 0 aliphatic heterocycles. The molecule has 1 aromatic carbocycles. The lowest BCUT2D eigenvalue weighted by Gasteiger charge is -2.19. The second kappa shape index (κ2) is 5.27. The first kappa shape index (κ1) is 12.7. The molecule has 0 heterocycles. The average molecular weight is 250 g/mol. The van der Waals surface area contributed by atoms with E-state index in [-0.39, 0.29) is 29.0 Å². The third-order valence-corrected chi connectivity index (χ3v) is 3.54. The molecule has 5 N–H and O–H groups in total. The summed E-state index contributed by atoms with van der Waals surface area (Å²) < 4.78 is 0. The average Bonchev–Trinajstić information content (AvgIpc) is 2.79. The zero-order chi connectivity index (χ0) is 13.1. The molecule has 0 aromatic heterocycles. The monoisotopic (exact) mass is 250 g/mol. The number of rotatable bonds is 3. The highest BCUT2D eigenvalue weighted by molar-refractivity contribution is 5.97. The van der Waals surface area contributed by atoms with Crippen LogP contribution >= 0.6 is 0 Å². The van der Waals surface area contributed by atoms with Crippen LogP contribution in [-0.4, -0.2) is 28.7 Å². The predicted octanol–water partition coefficient (Wildman–Crippen LogP) is 0.955. The summed E-state index contributed by atoms with van der Waals surface area (Å²) in [5.41, 5.74) is 5.75. The number of aromatic hydroxyl groups is 2. The Morgan fingerprint density at radius 3 is 2.89 bits per heavy atom. The first-order valence-corrected chi connectivity index (χ1v) is 6.15. The number of nitrogens with one attached hydrogen (secondary N) is 1. The van der Waals surface area contributed by atoms with Crippen molar-refractivity contribution in [1.29, 1.82) is 0 Å². The minimum Gasteiger partial charge on any atom is -0.504 e. The fraction of sp³-hybridized carbons (Fsp3) is 0.462. The van der Waals surface area contributed by atoms with Gasteiger partial charge in [0.2, 0.25) is 0 Å². The molecule has 2 rings (SSSR count). The van der Waals surface area contributed by atoms with Gasteiger partial charge >= 0.3 is 0 Å². The van der Waals surface area contributed by atoms with E-state index in [2.05, 4.69) is 5.32 Å². The Kier molecular flexibility index (Phi) is 3.72. The van der Waals surface area contributed by atoms with Gasteiger partial charge in [0.05, 0.1) is 5.56 Å². The lowest BCUT2D eigenvalue weighted by molar-refractivity contribution is 0.0925. The standard InChI is InChI=1S/C13H18N2O3/c14-7-8-3-1-5-10(8)15-13(18)9-4-2-6-11(16)12(9)17/h2,4,6,8,10,16-17H,1,3,5,7,14H2,(H,15,18). The molecule has 2 atom stereocenters. The second-order valence-electron chi connectivity index (χ2n) is 4.68. The number of nitrogens with two attached hydrogens (primary N) is 1. The van der Waals surface area contributed by atoms with E-state index >= 15 is 0 Å². The van der Waals surface area contributed by atoms with Crippen LogP contribution in [-0.2, 0) is 0 Å². The largest absolute Gasteiger partial charge is 0.504 e. The van der Waals surface area contributed by atoms with E-state index in [0.29, 0.717) is 12.5 Å². The molecule has 1 aliphatic rings. The van der Waals surface area contributed by atoms with Gasteiger partial charge in [0.1, 0.15) is 0 Å². The molecule has 1 aromatic rings. The molecule has 0 spiro atoms. The van der Waals surface area contributed by atoms with Crippen LogP contribution in [0.5, 0.6) is 11.5 Å². The van der Waals surface area contributed by atoms with E-state index in [1.54, 1.807) is 0 Å². The van der Waals surface area contributed by atoms with Gasteiger partial charge in [0.15, 0.2) is 11.5 Å². The van der Waals surface area contributed by atoms with Crippen LogP contribution < -0.4 is 11.1 Å². The second-order valence-corrected chi connectivity index (χ2v) is 4.68. The smallest absolute Gasteiger partial charge is 0.255 e. The van der Waals surface area contributed by atoms with Crippen LogP contribution in [0.3, 0.4) is 0 Å². The quantitative estimate of drug-likeness (QED) is 0.601. The van der Waals surface area contributed by atoms with E-state index in [0.717, 1.165) is 19.3 Å². The summed E-state index contributed by atoms with van der Waals surface area (Å²) in [5.74, 6) is -0.733. The molecule has 98 valence electrons. The Morgan fingerprint density at radius 1 is 1.39 bits per heavy atom. The fourth-order valence-corrected chi connectivity index (χ4v) is 2.47. The highest BCUT2D eigenvalue weighted by Crippen LogP contribution is 2.29. The number of phenols is 2. The SMILES string of the molecule is NCC1CCCC1NC(=O)c1cccc(O)c1O. The Balaban J connectivity index is 2.10. The van der Waals surface area contributed by atoms with Gasteiger partial charge in [-0.05, 0) is 37.4 Å². The predicted molar refractivity (Wildman–Crippen MR) is 67.4 cm³/mol. The van der Waals surface area contributed by atoms with Crippen LogP contribution in [0, 0.1) is 5.92 Å². The van der Waals surface area contributed by atoms with Gasteiger partial charge in [-0.15, -0.1) is 0 Å². The summed E-state index contributed by atoms with van der Waals surface area (Å²) in [7, 11) is 0. The van der Waals surface area contributed by atoms with E-state index in [1.165, 1.54) is 18.2 Å². The van der Waals surface area contributed by atoms with Crippen LogP contribution in [0.4, 0.5) is 0 Å². The zero-order valence-electron chi connectivity index (χ0n) is 10.1. The molecule has 2 unspecified atom stereocenters. The van der Waals surface area contributed by atoms with Gasteiger partial charge in [0.25, 0.3) is 5.91 Å². The molecule has 0 saturated heterocycles.